The van der Waals surface area contributed by atoms with Gasteiger partial charge in [0.25, 0.3) is 5.56 Å². The van der Waals surface area contributed by atoms with E-state index in [9.17, 15) is 18.0 Å². The number of anilines is 2. The van der Waals surface area contributed by atoms with E-state index < -0.39 is 11.7 Å². The first-order valence-corrected chi connectivity index (χ1v) is 8.46. The van der Waals surface area contributed by atoms with Gasteiger partial charge in [0.1, 0.15) is 0 Å². The van der Waals surface area contributed by atoms with Crippen LogP contribution in [0.5, 0.6) is 0 Å². The van der Waals surface area contributed by atoms with Crippen molar-refractivity contribution in [3.63, 3.8) is 0 Å². The fourth-order valence-electron chi connectivity index (χ4n) is 2.99. The lowest BCUT2D eigenvalue weighted by molar-refractivity contribution is -0.137. The van der Waals surface area contributed by atoms with E-state index in [4.69, 9.17) is 4.74 Å². The number of benzene rings is 1. The number of rotatable bonds is 4. The van der Waals surface area contributed by atoms with Gasteiger partial charge < -0.3 is 4.74 Å². The van der Waals surface area contributed by atoms with Crippen molar-refractivity contribution in [2.45, 2.75) is 26.7 Å². The van der Waals surface area contributed by atoms with Crippen molar-refractivity contribution >= 4 is 11.6 Å². The maximum atomic E-state index is 13.1. The van der Waals surface area contributed by atoms with E-state index in [-0.39, 0.29) is 5.56 Å². The molecule has 0 N–H and O–H groups in total. The minimum Gasteiger partial charge on any atom is -0.383 e. The Hall–Kier alpha value is -2.39. The maximum absolute atomic E-state index is 13.1. The van der Waals surface area contributed by atoms with Gasteiger partial charge in [-0.3, -0.25) is 19.2 Å². The molecule has 0 amide bonds. The van der Waals surface area contributed by atoms with Gasteiger partial charge in [0.15, 0.2) is 0 Å². The van der Waals surface area contributed by atoms with Crippen LogP contribution in [0.1, 0.15) is 16.8 Å². The fraction of sp³-hybridized carbons (Fsp3) is 0.444. The molecule has 6 nitrogen and oxygen atoms in total. The van der Waals surface area contributed by atoms with Crippen molar-refractivity contribution < 1.29 is 17.9 Å². The molecule has 2 heterocycles. The van der Waals surface area contributed by atoms with Crippen LogP contribution in [0, 0.1) is 13.8 Å². The topological polar surface area (TPSA) is 50.6 Å². The highest BCUT2D eigenvalue weighted by Crippen LogP contribution is 2.34. The second-order valence-corrected chi connectivity index (χ2v) is 6.50. The number of methoxy groups -OCH3 is 1. The molecule has 1 aromatic carbocycles. The maximum Gasteiger partial charge on any atom is 0.416 e. The van der Waals surface area contributed by atoms with Gasteiger partial charge in [-0.05, 0) is 32.0 Å². The zero-order chi connectivity index (χ0) is 19.8. The molecule has 146 valence electrons. The average Bonchev–Trinajstić information content (AvgIpc) is 2.64. The summed E-state index contributed by atoms with van der Waals surface area (Å²) in [5.41, 5.74) is 0.476. The lowest BCUT2D eigenvalue weighted by Crippen LogP contribution is -2.48. The van der Waals surface area contributed by atoms with Gasteiger partial charge in [0.2, 0.25) is 5.95 Å². The number of alkyl halides is 3. The van der Waals surface area contributed by atoms with Crippen LogP contribution < -0.4 is 10.5 Å². The SMILES string of the molecule is COCCN1CN(c2cccc(C(F)(F)F)c2)c2nc(C)c(C)c(=O)n2C1. The predicted octanol–water partition coefficient (Wildman–Crippen LogP) is 2.89. The molecule has 2 aromatic rings. The molecular weight excluding hydrogens is 361 g/mol. The van der Waals surface area contributed by atoms with E-state index >= 15 is 0 Å². The predicted molar refractivity (Wildman–Crippen MR) is 95.0 cm³/mol. The lowest BCUT2D eigenvalue weighted by Gasteiger charge is -2.38. The van der Waals surface area contributed by atoms with E-state index in [0.717, 1.165) is 12.1 Å². The normalized spacial score (nSPS) is 15.1. The smallest absolute Gasteiger partial charge is 0.383 e. The molecule has 1 aromatic heterocycles. The van der Waals surface area contributed by atoms with Crippen LogP contribution in [0.2, 0.25) is 0 Å². The van der Waals surface area contributed by atoms with Gasteiger partial charge >= 0.3 is 6.18 Å². The summed E-state index contributed by atoms with van der Waals surface area (Å²) in [5.74, 6) is 0.344. The van der Waals surface area contributed by atoms with Gasteiger partial charge in [0, 0.05) is 30.6 Å². The third-order valence-corrected chi connectivity index (χ3v) is 4.64. The molecule has 0 bridgehead atoms. The molecule has 0 fully saturated rings. The number of fused-ring (bicyclic) bond motifs is 1. The molecule has 1 aliphatic rings. The number of aryl methyl sites for hydroxylation is 1. The minimum atomic E-state index is -4.45. The summed E-state index contributed by atoms with van der Waals surface area (Å²) in [7, 11) is 1.57. The number of hydrogen-bond acceptors (Lipinski definition) is 5. The first kappa shape index (κ1) is 19.4. The van der Waals surface area contributed by atoms with Crippen LogP contribution >= 0.6 is 0 Å². The van der Waals surface area contributed by atoms with Crippen LogP contribution in [0.25, 0.3) is 0 Å². The number of aromatic nitrogens is 2. The second kappa shape index (κ2) is 7.32. The zero-order valence-electron chi connectivity index (χ0n) is 15.4. The van der Waals surface area contributed by atoms with Crippen LogP contribution in [-0.2, 0) is 17.6 Å². The van der Waals surface area contributed by atoms with Crippen molar-refractivity contribution in [1.82, 2.24) is 14.5 Å². The second-order valence-electron chi connectivity index (χ2n) is 6.50. The van der Waals surface area contributed by atoms with Gasteiger partial charge in [-0.15, -0.1) is 0 Å². The Labute approximate surface area is 154 Å². The lowest BCUT2D eigenvalue weighted by atomic mass is 10.2. The van der Waals surface area contributed by atoms with Crippen molar-refractivity contribution in [3.05, 3.63) is 51.4 Å². The average molecular weight is 382 g/mol. The van der Waals surface area contributed by atoms with Crippen molar-refractivity contribution in [1.29, 1.82) is 0 Å². The van der Waals surface area contributed by atoms with Crippen LogP contribution in [0.15, 0.2) is 29.1 Å². The van der Waals surface area contributed by atoms with Crippen LogP contribution in [-0.4, -0.2) is 41.4 Å². The third-order valence-electron chi connectivity index (χ3n) is 4.64. The molecule has 0 saturated carbocycles. The summed E-state index contributed by atoms with van der Waals surface area (Å²) in [6.07, 6.45) is -4.45. The highest BCUT2D eigenvalue weighted by molar-refractivity contribution is 5.59. The van der Waals surface area contributed by atoms with E-state index in [1.807, 2.05) is 4.90 Å². The molecule has 9 heteroatoms. The summed E-state index contributed by atoms with van der Waals surface area (Å²) in [4.78, 5) is 20.8. The molecule has 3 rings (SSSR count). The fourth-order valence-corrected chi connectivity index (χ4v) is 2.99. The highest BCUT2D eigenvalue weighted by Gasteiger charge is 2.32. The molecular formula is C18H21F3N4O2. The summed E-state index contributed by atoms with van der Waals surface area (Å²) < 4.78 is 46.0. The molecule has 1 aliphatic heterocycles. The van der Waals surface area contributed by atoms with Gasteiger partial charge in [0.05, 0.1) is 25.5 Å². The van der Waals surface area contributed by atoms with Gasteiger partial charge in [-0.2, -0.15) is 13.2 Å². The van der Waals surface area contributed by atoms with Crippen molar-refractivity contribution in [3.8, 4) is 0 Å². The summed E-state index contributed by atoms with van der Waals surface area (Å²) >= 11 is 0. The Morgan fingerprint density at radius 1 is 1.22 bits per heavy atom. The Kier molecular flexibility index (Phi) is 5.25. The van der Waals surface area contributed by atoms with Crippen molar-refractivity contribution in [2.75, 3.05) is 31.8 Å². The zero-order valence-corrected chi connectivity index (χ0v) is 15.4. The third kappa shape index (κ3) is 3.84. The molecule has 0 spiro atoms. The summed E-state index contributed by atoms with van der Waals surface area (Å²) in [6.45, 7) is 5.00. The van der Waals surface area contributed by atoms with E-state index in [1.54, 1.807) is 31.9 Å². The first-order valence-electron chi connectivity index (χ1n) is 8.46. The van der Waals surface area contributed by atoms with Gasteiger partial charge in [-0.1, -0.05) is 6.07 Å². The Morgan fingerprint density at radius 2 is 1.96 bits per heavy atom. The summed E-state index contributed by atoms with van der Waals surface area (Å²) in [5, 5.41) is 0. The quantitative estimate of drug-likeness (QED) is 0.814. The van der Waals surface area contributed by atoms with E-state index in [1.165, 1.54) is 10.6 Å². The molecule has 27 heavy (non-hydrogen) atoms. The van der Waals surface area contributed by atoms with Gasteiger partial charge in [-0.25, -0.2) is 4.98 Å². The Balaban J connectivity index is 2.11. The van der Waals surface area contributed by atoms with Crippen molar-refractivity contribution in [2.24, 2.45) is 0 Å². The van der Waals surface area contributed by atoms with E-state index in [0.29, 0.717) is 49.4 Å². The number of hydrogen-bond donors (Lipinski definition) is 0. The largest absolute Gasteiger partial charge is 0.416 e. The molecule has 0 atom stereocenters. The standard InChI is InChI=1S/C18H21F3N4O2/c1-12-13(2)22-17-24(15-6-4-5-14(9-15)18(19,20)21)10-23(7-8-27-3)11-25(17)16(12)26/h4-6,9H,7-8,10-11H2,1-3H3. The first-order chi connectivity index (χ1) is 12.7. The molecule has 0 radical (unpaired) electrons. The van der Waals surface area contributed by atoms with E-state index in [2.05, 4.69) is 4.98 Å². The van der Waals surface area contributed by atoms with Crippen LogP contribution in [0.4, 0.5) is 24.8 Å². The number of ether oxygens (including phenoxy) is 1. The number of halogens is 3. The Morgan fingerprint density at radius 3 is 2.63 bits per heavy atom. The molecule has 0 saturated heterocycles. The molecule has 0 unspecified atom stereocenters. The Bertz CT molecular complexity index is 895. The minimum absolute atomic E-state index is 0.198. The highest BCUT2D eigenvalue weighted by atomic mass is 19.4. The van der Waals surface area contributed by atoms with Crippen LogP contribution in [0.3, 0.4) is 0 Å². The summed E-state index contributed by atoms with van der Waals surface area (Å²) in [6, 6.07) is 5.04. The number of nitrogens with zero attached hydrogens (tertiary/aromatic N) is 4. The molecule has 0 aliphatic carbocycles. The monoisotopic (exact) mass is 382 g/mol.